The molecule has 0 atom stereocenters. The van der Waals surface area contributed by atoms with Crippen LogP contribution in [0.3, 0.4) is 0 Å². The molecule has 0 N–H and O–H groups in total. The van der Waals surface area contributed by atoms with Crippen LogP contribution in [0, 0.1) is 17.2 Å². The van der Waals surface area contributed by atoms with Crippen molar-refractivity contribution in [2.75, 3.05) is 0 Å². The summed E-state index contributed by atoms with van der Waals surface area (Å²) in [6.45, 7) is 5.15. The summed E-state index contributed by atoms with van der Waals surface area (Å²) in [5.74, 6) is 0.901. The number of aromatic nitrogens is 3. The molecular weight excluding hydrogens is 152 g/mol. The standard InChI is InChI=1S/C8H12N4/c1-7(2)3-4-12-6-10-8(5-9)11-12/h6-7H,3-4H2,1-2H3. The van der Waals surface area contributed by atoms with Crippen LogP contribution < -0.4 is 0 Å². The third-order valence-corrected chi connectivity index (χ3v) is 1.57. The fraction of sp³-hybridized carbons (Fsp3) is 0.625. The van der Waals surface area contributed by atoms with Gasteiger partial charge in [0.25, 0.3) is 5.82 Å². The molecule has 0 aromatic carbocycles. The van der Waals surface area contributed by atoms with E-state index in [1.54, 1.807) is 11.0 Å². The van der Waals surface area contributed by atoms with Crippen LogP contribution in [0.15, 0.2) is 6.33 Å². The monoisotopic (exact) mass is 164 g/mol. The van der Waals surface area contributed by atoms with E-state index in [0.717, 1.165) is 13.0 Å². The number of nitrogens with zero attached hydrogens (tertiary/aromatic N) is 4. The Morgan fingerprint density at radius 2 is 2.42 bits per heavy atom. The zero-order chi connectivity index (χ0) is 8.97. The normalized spacial score (nSPS) is 10.2. The minimum Gasteiger partial charge on any atom is -0.252 e. The Labute approximate surface area is 71.8 Å². The summed E-state index contributed by atoms with van der Waals surface area (Å²) in [5, 5.41) is 12.4. The van der Waals surface area contributed by atoms with E-state index in [4.69, 9.17) is 5.26 Å². The van der Waals surface area contributed by atoms with E-state index in [-0.39, 0.29) is 5.82 Å². The van der Waals surface area contributed by atoms with E-state index >= 15 is 0 Å². The van der Waals surface area contributed by atoms with Crippen LogP contribution in [0.5, 0.6) is 0 Å². The second-order valence-corrected chi connectivity index (χ2v) is 3.13. The van der Waals surface area contributed by atoms with Gasteiger partial charge in [0, 0.05) is 6.54 Å². The highest BCUT2D eigenvalue weighted by Gasteiger charge is 1.99. The van der Waals surface area contributed by atoms with Gasteiger partial charge in [-0.25, -0.2) is 4.98 Å². The summed E-state index contributed by atoms with van der Waals surface area (Å²) in [6, 6.07) is 1.89. The van der Waals surface area contributed by atoms with E-state index in [2.05, 4.69) is 23.9 Å². The Bertz CT molecular complexity index is 281. The molecule has 12 heavy (non-hydrogen) atoms. The molecule has 1 rings (SSSR count). The van der Waals surface area contributed by atoms with Crippen LogP contribution in [0.4, 0.5) is 0 Å². The maximum Gasteiger partial charge on any atom is 0.252 e. The summed E-state index contributed by atoms with van der Waals surface area (Å²) in [6.07, 6.45) is 2.66. The highest BCUT2D eigenvalue weighted by atomic mass is 15.3. The molecule has 4 nitrogen and oxygen atoms in total. The molecule has 1 aromatic rings. The first-order valence-corrected chi connectivity index (χ1v) is 4.02. The topological polar surface area (TPSA) is 54.5 Å². The van der Waals surface area contributed by atoms with Crippen molar-refractivity contribution in [3.8, 4) is 6.07 Å². The van der Waals surface area contributed by atoms with Crippen molar-refractivity contribution in [2.24, 2.45) is 5.92 Å². The molecule has 4 heteroatoms. The highest BCUT2D eigenvalue weighted by Crippen LogP contribution is 2.01. The lowest BCUT2D eigenvalue weighted by molar-refractivity contribution is 0.486. The first-order valence-electron chi connectivity index (χ1n) is 4.02. The Hall–Kier alpha value is -1.37. The van der Waals surface area contributed by atoms with Gasteiger partial charge >= 0.3 is 0 Å². The van der Waals surface area contributed by atoms with Crippen molar-refractivity contribution in [1.29, 1.82) is 5.26 Å². The van der Waals surface area contributed by atoms with Crippen molar-refractivity contribution >= 4 is 0 Å². The summed E-state index contributed by atoms with van der Waals surface area (Å²) in [7, 11) is 0. The van der Waals surface area contributed by atoms with E-state index < -0.39 is 0 Å². The van der Waals surface area contributed by atoms with Crippen LogP contribution in [0.1, 0.15) is 26.1 Å². The number of hydrogen-bond acceptors (Lipinski definition) is 3. The molecule has 0 bridgehead atoms. The zero-order valence-electron chi connectivity index (χ0n) is 7.36. The molecule has 64 valence electrons. The van der Waals surface area contributed by atoms with Gasteiger partial charge in [-0.2, -0.15) is 5.26 Å². The molecule has 0 spiro atoms. The maximum absolute atomic E-state index is 8.44. The smallest absolute Gasteiger partial charge is 0.252 e. The summed E-state index contributed by atoms with van der Waals surface area (Å²) < 4.78 is 1.71. The van der Waals surface area contributed by atoms with Crippen LogP contribution in [0.25, 0.3) is 0 Å². The third kappa shape index (κ3) is 2.35. The van der Waals surface area contributed by atoms with Gasteiger partial charge in [0.05, 0.1) is 0 Å². The lowest BCUT2D eigenvalue weighted by atomic mass is 10.1. The molecule has 0 aliphatic rings. The second-order valence-electron chi connectivity index (χ2n) is 3.13. The van der Waals surface area contributed by atoms with Gasteiger partial charge in [-0.05, 0) is 12.3 Å². The van der Waals surface area contributed by atoms with Gasteiger partial charge in [-0.15, -0.1) is 5.10 Å². The number of hydrogen-bond donors (Lipinski definition) is 0. The van der Waals surface area contributed by atoms with Crippen molar-refractivity contribution in [2.45, 2.75) is 26.8 Å². The molecule has 0 amide bonds. The molecule has 0 radical (unpaired) electrons. The van der Waals surface area contributed by atoms with Crippen molar-refractivity contribution in [3.63, 3.8) is 0 Å². The molecule has 1 heterocycles. The van der Waals surface area contributed by atoms with Crippen LogP contribution in [0.2, 0.25) is 0 Å². The van der Waals surface area contributed by atoms with E-state index in [9.17, 15) is 0 Å². The number of nitriles is 1. The molecule has 0 saturated heterocycles. The fourth-order valence-corrected chi connectivity index (χ4v) is 0.844. The molecular formula is C8H12N4. The molecule has 0 saturated carbocycles. The number of rotatable bonds is 3. The van der Waals surface area contributed by atoms with Gasteiger partial charge in [0.15, 0.2) is 0 Å². The fourth-order valence-electron chi connectivity index (χ4n) is 0.844. The molecule has 0 aliphatic heterocycles. The van der Waals surface area contributed by atoms with Crippen LogP contribution >= 0.6 is 0 Å². The van der Waals surface area contributed by atoms with Gasteiger partial charge < -0.3 is 0 Å². The summed E-state index contributed by atoms with van der Waals surface area (Å²) in [4.78, 5) is 3.80. The highest BCUT2D eigenvalue weighted by molar-refractivity contribution is 5.05. The second kappa shape index (κ2) is 3.86. The molecule has 0 fully saturated rings. The Kier molecular flexibility index (Phi) is 2.81. The lowest BCUT2D eigenvalue weighted by Gasteiger charge is -2.02. The first kappa shape index (κ1) is 8.72. The minimum atomic E-state index is 0.249. The SMILES string of the molecule is CC(C)CCn1cnc(C#N)n1. The molecule has 0 aliphatic carbocycles. The Morgan fingerprint density at radius 1 is 1.67 bits per heavy atom. The predicted octanol–water partition coefficient (Wildman–Crippen LogP) is 1.20. The van der Waals surface area contributed by atoms with E-state index in [1.807, 2.05) is 6.07 Å². The maximum atomic E-state index is 8.44. The quantitative estimate of drug-likeness (QED) is 0.674. The number of aryl methyl sites for hydroxylation is 1. The van der Waals surface area contributed by atoms with Crippen LogP contribution in [-0.4, -0.2) is 14.8 Å². The van der Waals surface area contributed by atoms with E-state index in [1.165, 1.54) is 0 Å². The average Bonchev–Trinajstić information content (AvgIpc) is 2.48. The Balaban J connectivity index is 2.48. The molecule has 1 aromatic heterocycles. The zero-order valence-corrected chi connectivity index (χ0v) is 7.36. The lowest BCUT2D eigenvalue weighted by Crippen LogP contribution is -2.02. The van der Waals surface area contributed by atoms with Gasteiger partial charge in [0.1, 0.15) is 12.4 Å². The molecule has 0 unspecified atom stereocenters. The predicted molar refractivity (Wildman–Crippen MR) is 44.2 cm³/mol. The van der Waals surface area contributed by atoms with Crippen LogP contribution in [-0.2, 0) is 6.54 Å². The summed E-state index contributed by atoms with van der Waals surface area (Å²) in [5.41, 5.74) is 0. The van der Waals surface area contributed by atoms with E-state index in [0.29, 0.717) is 5.92 Å². The van der Waals surface area contributed by atoms with Gasteiger partial charge in [0.2, 0.25) is 0 Å². The van der Waals surface area contributed by atoms with Gasteiger partial charge in [-0.1, -0.05) is 13.8 Å². The average molecular weight is 164 g/mol. The minimum absolute atomic E-state index is 0.249. The third-order valence-electron chi connectivity index (χ3n) is 1.57. The van der Waals surface area contributed by atoms with Crippen molar-refractivity contribution in [3.05, 3.63) is 12.2 Å². The van der Waals surface area contributed by atoms with Crippen molar-refractivity contribution < 1.29 is 0 Å². The van der Waals surface area contributed by atoms with Gasteiger partial charge in [-0.3, -0.25) is 4.68 Å². The Morgan fingerprint density at radius 3 is 2.92 bits per heavy atom. The van der Waals surface area contributed by atoms with Crippen molar-refractivity contribution in [1.82, 2.24) is 14.8 Å². The first-order chi connectivity index (χ1) is 5.72. The summed E-state index contributed by atoms with van der Waals surface area (Å²) >= 11 is 0. The largest absolute Gasteiger partial charge is 0.252 e.